The van der Waals surface area contributed by atoms with Crippen molar-refractivity contribution in [2.24, 2.45) is 0 Å². The average Bonchev–Trinajstić information content (AvgIpc) is 2.35. The van der Waals surface area contributed by atoms with Crippen LogP contribution in [0.4, 0.5) is 18.0 Å². The second-order valence-electron chi connectivity index (χ2n) is 3.98. The normalized spacial score (nSPS) is 17.8. The van der Waals surface area contributed by atoms with E-state index in [0.717, 1.165) is 6.08 Å². The number of carboxylic acid groups (broad SMARTS) is 1. The van der Waals surface area contributed by atoms with Crippen molar-refractivity contribution < 1.29 is 37.7 Å². The molecule has 0 amide bonds. The van der Waals surface area contributed by atoms with Gasteiger partial charge in [-0.1, -0.05) is 6.07 Å². The molecule has 0 radical (unpaired) electrons. The number of halogens is 3. The van der Waals surface area contributed by atoms with Gasteiger partial charge >= 0.3 is 12.3 Å². The lowest BCUT2D eigenvalue weighted by atomic mass is 10.0. The maximum atomic E-state index is 12.8. The molecule has 5 nitrogen and oxygen atoms in total. The molecule has 0 saturated carbocycles. The van der Waals surface area contributed by atoms with Gasteiger partial charge in [0.1, 0.15) is 5.75 Å². The molecule has 1 aliphatic heterocycles. The van der Waals surface area contributed by atoms with Gasteiger partial charge < -0.3 is 19.7 Å². The van der Waals surface area contributed by atoms with E-state index in [1.54, 1.807) is 0 Å². The fourth-order valence-corrected chi connectivity index (χ4v) is 1.74. The van der Waals surface area contributed by atoms with Crippen molar-refractivity contribution in [3.63, 3.8) is 0 Å². The van der Waals surface area contributed by atoms with Crippen LogP contribution in [-0.2, 0) is 11.3 Å². The Bertz CT molecular complexity index is 565. The van der Waals surface area contributed by atoms with E-state index in [2.05, 4.69) is 4.74 Å². The third-order valence-corrected chi connectivity index (χ3v) is 2.56. The third-order valence-electron chi connectivity index (χ3n) is 2.56. The molecule has 0 aliphatic carbocycles. The van der Waals surface area contributed by atoms with E-state index < -0.39 is 24.2 Å². The van der Waals surface area contributed by atoms with E-state index in [-0.39, 0.29) is 17.9 Å². The lowest BCUT2D eigenvalue weighted by molar-refractivity contribution is -0.191. The first-order valence-electron chi connectivity index (χ1n) is 5.41. The zero-order valence-electron chi connectivity index (χ0n) is 9.85. The molecule has 1 aromatic rings. The Hall–Kier alpha value is -2.22. The Morgan fingerprint density at radius 1 is 1.40 bits per heavy atom. The molecule has 8 heteroatoms. The summed E-state index contributed by atoms with van der Waals surface area (Å²) < 4.78 is 47.3. The van der Waals surface area contributed by atoms with Crippen LogP contribution in [0.5, 0.6) is 5.75 Å². The molecule has 1 atom stereocenters. The molecule has 0 aromatic heterocycles. The van der Waals surface area contributed by atoms with Crippen LogP contribution in [0.1, 0.15) is 11.1 Å². The van der Waals surface area contributed by atoms with Crippen molar-refractivity contribution in [2.75, 3.05) is 0 Å². The number of rotatable bonds is 2. The molecule has 0 spiro atoms. The first kappa shape index (κ1) is 14.2. The molecule has 2 N–H and O–H groups in total. The molecule has 0 fully saturated rings. The van der Waals surface area contributed by atoms with E-state index in [0.29, 0.717) is 5.56 Å². The van der Waals surface area contributed by atoms with Crippen LogP contribution in [0, 0.1) is 0 Å². The van der Waals surface area contributed by atoms with E-state index in [1.807, 2.05) is 0 Å². The topological polar surface area (TPSA) is 76.0 Å². The SMILES string of the molecule is O=C(O)OC1=Cc2cc(CO)ccc2OC1C(F)(F)F. The van der Waals surface area contributed by atoms with E-state index >= 15 is 0 Å². The fourth-order valence-electron chi connectivity index (χ4n) is 1.74. The molecule has 1 aromatic carbocycles. The Kier molecular flexibility index (Phi) is 3.58. The van der Waals surface area contributed by atoms with Crippen molar-refractivity contribution >= 4 is 12.2 Å². The van der Waals surface area contributed by atoms with Crippen LogP contribution < -0.4 is 4.74 Å². The minimum atomic E-state index is -4.81. The molecule has 2 rings (SSSR count). The van der Waals surface area contributed by atoms with Gasteiger partial charge in [0, 0.05) is 5.56 Å². The van der Waals surface area contributed by atoms with Gasteiger partial charge in [-0.25, -0.2) is 4.79 Å². The largest absolute Gasteiger partial charge is 0.511 e. The van der Waals surface area contributed by atoms with E-state index in [9.17, 15) is 18.0 Å². The van der Waals surface area contributed by atoms with Crippen LogP contribution in [-0.4, -0.2) is 28.6 Å². The zero-order chi connectivity index (χ0) is 14.9. The summed E-state index contributed by atoms with van der Waals surface area (Å²) in [7, 11) is 0. The molecule has 0 bridgehead atoms. The second kappa shape index (κ2) is 5.04. The first-order chi connectivity index (χ1) is 9.31. The molecule has 0 saturated heterocycles. The summed E-state index contributed by atoms with van der Waals surface area (Å²) in [6.07, 6.45) is -8.22. The predicted molar refractivity (Wildman–Crippen MR) is 59.9 cm³/mol. The van der Waals surface area contributed by atoms with Gasteiger partial charge in [0.15, 0.2) is 5.76 Å². The summed E-state index contributed by atoms with van der Waals surface area (Å²) in [5.74, 6) is -0.935. The Morgan fingerprint density at radius 3 is 2.65 bits per heavy atom. The summed E-state index contributed by atoms with van der Waals surface area (Å²) in [6, 6.07) is 4.06. The maximum Gasteiger partial charge on any atom is 0.511 e. The molecular formula is C12H9F3O5. The summed E-state index contributed by atoms with van der Waals surface area (Å²) in [6.45, 7) is -0.307. The van der Waals surface area contributed by atoms with Crippen LogP contribution in [0.3, 0.4) is 0 Å². The smallest absolute Gasteiger partial charge is 0.472 e. The molecular weight excluding hydrogens is 281 g/mol. The highest BCUT2D eigenvalue weighted by atomic mass is 19.4. The summed E-state index contributed by atoms with van der Waals surface area (Å²) in [4.78, 5) is 10.4. The molecule has 108 valence electrons. The molecule has 1 aliphatic rings. The van der Waals surface area contributed by atoms with E-state index in [1.165, 1.54) is 18.2 Å². The van der Waals surface area contributed by atoms with Gasteiger partial charge in [0.25, 0.3) is 6.10 Å². The zero-order valence-corrected chi connectivity index (χ0v) is 9.85. The number of fused-ring (bicyclic) bond motifs is 1. The molecule has 1 unspecified atom stereocenters. The first-order valence-corrected chi connectivity index (χ1v) is 5.41. The monoisotopic (exact) mass is 290 g/mol. The van der Waals surface area contributed by atoms with Crippen molar-refractivity contribution in [3.05, 3.63) is 35.1 Å². The number of aliphatic hydroxyl groups is 1. The lowest BCUT2D eigenvalue weighted by Crippen LogP contribution is -2.39. The van der Waals surface area contributed by atoms with Crippen LogP contribution >= 0.6 is 0 Å². The van der Waals surface area contributed by atoms with Gasteiger partial charge in [0.2, 0.25) is 0 Å². The van der Waals surface area contributed by atoms with Crippen molar-refractivity contribution in [2.45, 2.75) is 18.9 Å². The number of alkyl halides is 3. The van der Waals surface area contributed by atoms with Gasteiger partial charge in [-0.05, 0) is 23.8 Å². The van der Waals surface area contributed by atoms with Crippen molar-refractivity contribution in [1.29, 1.82) is 0 Å². The Labute approximate surface area is 110 Å². The second-order valence-corrected chi connectivity index (χ2v) is 3.98. The van der Waals surface area contributed by atoms with Crippen molar-refractivity contribution in [3.8, 4) is 5.75 Å². The number of carbonyl (C=O) groups is 1. The summed E-state index contributed by atoms with van der Waals surface area (Å²) in [5.41, 5.74) is 0.650. The van der Waals surface area contributed by atoms with Crippen LogP contribution in [0.25, 0.3) is 6.08 Å². The molecule has 20 heavy (non-hydrogen) atoms. The number of ether oxygens (including phenoxy) is 2. The van der Waals surface area contributed by atoms with Crippen molar-refractivity contribution in [1.82, 2.24) is 0 Å². The summed E-state index contributed by atoms with van der Waals surface area (Å²) >= 11 is 0. The fraction of sp³-hybridized carbons (Fsp3) is 0.250. The lowest BCUT2D eigenvalue weighted by Gasteiger charge is -2.27. The molecule has 1 heterocycles. The van der Waals surface area contributed by atoms with Gasteiger partial charge in [-0.3, -0.25) is 0 Å². The minimum absolute atomic E-state index is 0.0673. The summed E-state index contributed by atoms with van der Waals surface area (Å²) in [5, 5.41) is 17.4. The van der Waals surface area contributed by atoms with Gasteiger partial charge in [-0.2, -0.15) is 13.2 Å². The van der Waals surface area contributed by atoms with E-state index in [4.69, 9.17) is 14.9 Å². The highest BCUT2D eigenvalue weighted by Gasteiger charge is 2.48. The number of hydrogen-bond donors (Lipinski definition) is 2. The number of hydrogen-bond acceptors (Lipinski definition) is 4. The average molecular weight is 290 g/mol. The number of aliphatic hydroxyl groups excluding tert-OH is 1. The maximum absolute atomic E-state index is 12.8. The highest BCUT2D eigenvalue weighted by molar-refractivity contribution is 5.67. The van der Waals surface area contributed by atoms with Gasteiger partial charge in [-0.15, -0.1) is 0 Å². The highest BCUT2D eigenvalue weighted by Crippen LogP contribution is 2.37. The number of benzene rings is 1. The van der Waals surface area contributed by atoms with Crippen LogP contribution in [0.15, 0.2) is 24.0 Å². The minimum Gasteiger partial charge on any atom is -0.472 e. The quantitative estimate of drug-likeness (QED) is 0.819. The standard InChI is InChI=1S/C12H9F3O5/c13-12(14,15)10-9(20-11(17)18)4-7-3-6(5-16)1-2-8(7)19-10/h1-4,10,16H,5H2,(H,17,18). The predicted octanol–water partition coefficient (Wildman–Crippen LogP) is 2.54. The third kappa shape index (κ3) is 2.85. The Morgan fingerprint density at radius 2 is 2.10 bits per heavy atom. The Balaban J connectivity index is 2.45. The van der Waals surface area contributed by atoms with Gasteiger partial charge in [0.05, 0.1) is 6.61 Å². The van der Waals surface area contributed by atoms with Crippen LogP contribution in [0.2, 0.25) is 0 Å².